The zero-order valence-corrected chi connectivity index (χ0v) is 14.5. The molecular formula is C19H17N7O. The molecule has 0 aliphatic carbocycles. The molecule has 0 aliphatic rings. The summed E-state index contributed by atoms with van der Waals surface area (Å²) in [6.45, 7) is 1.72. The predicted octanol–water partition coefficient (Wildman–Crippen LogP) is 2.89. The highest BCUT2D eigenvalue weighted by molar-refractivity contribution is 5.74. The molecule has 0 unspecified atom stereocenters. The van der Waals surface area contributed by atoms with Crippen LogP contribution in [0.4, 0.5) is 0 Å². The summed E-state index contributed by atoms with van der Waals surface area (Å²) in [5.41, 5.74) is 3.74. The molecule has 0 saturated carbocycles. The van der Waals surface area contributed by atoms with Gasteiger partial charge in [-0.05, 0) is 36.4 Å². The van der Waals surface area contributed by atoms with Crippen LogP contribution in [0.3, 0.4) is 0 Å². The van der Waals surface area contributed by atoms with Crippen LogP contribution in [-0.2, 0) is 19.9 Å². The first-order valence-corrected chi connectivity index (χ1v) is 8.68. The number of benzene rings is 2. The molecular weight excluding hydrogens is 342 g/mol. The van der Waals surface area contributed by atoms with E-state index >= 15 is 0 Å². The number of rotatable bonds is 6. The van der Waals surface area contributed by atoms with Crippen molar-refractivity contribution in [3.8, 4) is 0 Å². The van der Waals surface area contributed by atoms with E-state index in [9.17, 15) is 0 Å². The molecule has 5 aromatic rings. The minimum atomic E-state index is 0.551. The summed E-state index contributed by atoms with van der Waals surface area (Å²) in [6.07, 6.45) is 1.68. The molecule has 0 amide bonds. The molecule has 134 valence electrons. The van der Waals surface area contributed by atoms with Gasteiger partial charge in [0.1, 0.15) is 16.8 Å². The van der Waals surface area contributed by atoms with Crippen molar-refractivity contribution in [3.63, 3.8) is 0 Å². The summed E-state index contributed by atoms with van der Waals surface area (Å²) in [6, 6.07) is 19.7. The number of fused-ring (bicyclic) bond motifs is 2. The van der Waals surface area contributed by atoms with E-state index in [2.05, 4.69) is 25.5 Å². The van der Waals surface area contributed by atoms with Crippen LogP contribution < -0.4 is 0 Å². The Morgan fingerprint density at radius 1 is 0.741 bits per heavy atom. The fraction of sp³-hybridized carbons (Fsp3) is 0.158. The van der Waals surface area contributed by atoms with Gasteiger partial charge >= 0.3 is 0 Å². The second-order valence-corrected chi connectivity index (χ2v) is 6.35. The number of hydrogen-bond donors (Lipinski definition) is 0. The summed E-state index contributed by atoms with van der Waals surface area (Å²) in [5.74, 6) is 0.879. The third-order valence-electron chi connectivity index (χ3n) is 4.47. The quantitative estimate of drug-likeness (QED) is 0.464. The van der Waals surface area contributed by atoms with Crippen LogP contribution in [0.15, 0.2) is 71.3 Å². The average molecular weight is 359 g/mol. The van der Waals surface area contributed by atoms with Gasteiger partial charge in [-0.25, -0.2) is 9.36 Å². The molecule has 0 fully saturated rings. The molecule has 3 aromatic heterocycles. The highest BCUT2D eigenvalue weighted by atomic mass is 16.3. The van der Waals surface area contributed by atoms with Gasteiger partial charge in [-0.15, -0.1) is 10.2 Å². The predicted molar refractivity (Wildman–Crippen MR) is 99.3 cm³/mol. The van der Waals surface area contributed by atoms with Crippen LogP contribution in [0.25, 0.3) is 22.1 Å². The normalized spacial score (nSPS) is 11.7. The first-order chi connectivity index (χ1) is 13.4. The third kappa shape index (κ3) is 3.06. The van der Waals surface area contributed by atoms with Crippen molar-refractivity contribution in [1.29, 1.82) is 0 Å². The maximum Gasteiger partial charge on any atom is 0.117 e. The van der Waals surface area contributed by atoms with Crippen molar-refractivity contribution in [3.05, 3.63) is 72.7 Å². The number of furan rings is 1. The van der Waals surface area contributed by atoms with Crippen LogP contribution in [-0.4, -0.2) is 34.9 Å². The average Bonchev–Trinajstić information content (AvgIpc) is 3.43. The van der Waals surface area contributed by atoms with Gasteiger partial charge in [-0.1, -0.05) is 34.7 Å². The van der Waals surface area contributed by atoms with Crippen LogP contribution in [0.2, 0.25) is 0 Å². The van der Waals surface area contributed by atoms with E-state index in [-0.39, 0.29) is 0 Å². The molecule has 0 aliphatic heterocycles. The zero-order chi connectivity index (χ0) is 18.1. The molecule has 5 rings (SSSR count). The summed E-state index contributed by atoms with van der Waals surface area (Å²) in [5, 5.41) is 17.1. The van der Waals surface area contributed by atoms with Gasteiger partial charge in [0, 0.05) is 0 Å². The molecule has 8 nitrogen and oxygen atoms in total. The highest BCUT2D eigenvalue weighted by Gasteiger charge is 2.14. The molecule has 0 spiro atoms. The lowest BCUT2D eigenvalue weighted by Gasteiger charge is -2.21. The Morgan fingerprint density at radius 2 is 1.33 bits per heavy atom. The molecule has 0 bridgehead atoms. The zero-order valence-electron chi connectivity index (χ0n) is 14.5. The molecule has 27 heavy (non-hydrogen) atoms. The fourth-order valence-corrected chi connectivity index (χ4v) is 3.19. The Morgan fingerprint density at radius 3 is 1.89 bits per heavy atom. The van der Waals surface area contributed by atoms with Crippen molar-refractivity contribution in [2.45, 2.75) is 19.9 Å². The number of aromatic nitrogens is 6. The molecule has 0 radical (unpaired) electrons. The van der Waals surface area contributed by atoms with E-state index in [1.54, 1.807) is 6.26 Å². The highest BCUT2D eigenvalue weighted by Crippen LogP contribution is 2.15. The van der Waals surface area contributed by atoms with Crippen molar-refractivity contribution in [2.75, 3.05) is 0 Å². The van der Waals surface area contributed by atoms with Crippen molar-refractivity contribution in [1.82, 2.24) is 34.9 Å². The van der Waals surface area contributed by atoms with Gasteiger partial charge < -0.3 is 4.42 Å². The van der Waals surface area contributed by atoms with Crippen molar-refractivity contribution < 1.29 is 4.42 Å². The maximum absolute atomic E-state index is 5.55. The molecule has 0 N–H and O–H groups in total. The first-order valence-electron chi connectivity index (χ1n) is 8.68. The van der Waals surface area contributed by atoms with Crippen LogP contribution in [0.5, 0.6) is 0 Å². The largest absolute Gasteiger partial charge is 0.468 e. The lowest BCUT2D eigenvalue weighted by Crippen LogP contribution is -2.29. The van der Waals surface area contributed by atoms with E-state index in [1.165, 1.54) is 0 Å². The summed E-state index contributed by atoms with van der Waals surface area (Å²) >= 11 is 0. The number of para-hydroxylation sites is 2. The molecule has 0 saturated heterocycles. The third-order valence-corrected chi connectivity index (χ3v) is 4.47. The minimum Gasteiger partial charge on any atom is -0.468 e. The fourth-order valence-electron chi connectivity index (χ4n) is 3.19. The van der Waals surface area contributed by atoms with E-state index in [0.29, 0.717) is 19.9 Å². The number of nitrogens with zero attached hydrogens (tertiary/aromatic N) is 7. The Labute approximate surface area is 154 Å². The van der Waals surface area contributed by atoms with Crippen LogP contribution >= 0.6 is 0 Å². The van der Waals surface area contributed by atoms with E-state index < -0.39 is 0 Å². The Bertz CT molecular complexity index is 1100. The Hall–Kier alpha value is -3.52. The van der Waals surface area contributed by atoms with Gasteiger partial charge in [0.2, 0.25) is 0 Å². The Kier molecular flexibility index (Phi) is 3.87. The summed E-state index contributed by atoms with van der Waals surface area (Å²) in [4.78, 5) is 2.18. The van der Waals surface area contributed by atoms with Gasteiger partial charge in [0.25, 0.3) is 0 Å². The van der Waals surface area contributed by atoms with E-state index in [0.717, 1.165) is 27.8 Å². The second kappa shape index (κ2) is 6.65. The first kappa shape index (κ1) is 15.7. The van der Waals surface area contributed by atoms with Gasteiger partial charge in [0.15, 0.2) is 0 Å². The van der Waals surface area contributed by atoms with Gasteiger partial charge in [-0.3, -0.25) is 4.90 Å². The smallest absolute Gasteiger partial charge is 0.117 e. The van der Waals surface area contributed by atoms with Crippen molar-refractivity contribution in [2.24, 2.45) is 0 Å². The molecule has 3 heterocycles. The Balaban J connectivity index is 1.47. The van der Waals surface area contributed by atoms with E-state index in [4.69, 9.17) is 4.42 Å². The molecule has 0 atom stereocenters. The minimum absolute atomic E-state index is 0.551. The van der Waals surface area contributed by atoms with Crippen LogP contribution in [0, 0.1) is 0 Å². The van der Waals surface area contributed by atoms with Crippen molar-refractivity contribution >= 4 is 22.1 Å². The second-order valence-electron chi connectivity index (χ2n) is 6.35. The van der Waals surface area contributed by atoms with E-state index in [1.807, 2.05) is 70.0 Å². The SMILES string of the molecule is c1coc(CN(Cn2nnc3ccccc32)Cn2nnc3ccccc32)c1. The number of hydrogen-bond acceptors (Lipinski definition) is 6. The lowest BCUT2D eigenvalue weighted by atomic mass is 10.3. The lowest BCUT2D eigenvalue weighted by molar-refractivity contribution is 0.136. The monoisotopic (exact) mass is 359 g/mol. The topological polar surface area (TPSA) is 77.8 Å². The summed E-state index contributed by atoms with van der Waals surface area (Å²) < 4.78 is 9.32. The molecule has 2 aromatic carbocycles. The van der Waals surface area contributed by atoms with Crippen LogP contribution in [0.1, 0.15) is 5.76 Å². The standard InChI is InChI=1S/C19H17N7O/c1-3-9-18-16(7-1)20-22-25(18)13-24(12-15-6-5-11-27-15)14-26-19-10-4-2-8-17(19)21-23-26/h1-11H,12-14H2. The van der Waals surface area contributed by atoms with Gasteiger partial charge in [0.05, 0.1) is 37.2 Å². The maximum atomic E-state index is 5.55. The summed E-state index contributed by atoms with van der Waals surface area (Å²) in [7, 11) is 0. The molecule has 8 heteroatoms. The van der Waals surface area contributed by atoms with Gasteiger partial charge in [-0.2, -0.15) is 0 Å².